The van der Waals surface area contributed by atoms with E-state index in [0.717, 1.165) is 16.9 Å². The lowest BCUT2D eigenvalue weighted by Gasteiger charge is -2.11. The molecule has 1 atom stereocenters. The van der Waals surface area contributed by atoms with Crippen LogP contribution in [-0.2, 0) is 0 Å². The Balaban J connectivity index is 1.30. The average molecular weight is 386 g/mol. The van der Waals surface area contributed by atoms with Crippen molar-refractivity contribution in [1.82, 2.24) is 10.2 Å². The maximum Gasteiger partial charge on any atom is 0.276 e. The molecule has 0 radical (unpaired) electrons. The van der Waals surface area contributed by atoms with E-state index in [2.05, 4.69) is 10.2 Å². The van der Waals surface area contributed by atoms with Crippen LogP contribution in [0.1, 0.15) is 5.56 Å². The zero-order chi connectivity index (χ0) is 18.6. The first kappa shape index (κ1) is 17.7. The standard InChI is InChI=1S/C19H18N2O5S/c1-12-3-2-4-15(7-12)23-9-14(22)10-27-19-21-20-18(26-19)13-5-6-16-17(8-13)25-11-24-16/h2-8,14,22H,9-11H2,1H3/t14-/m0/s1. The topological polar surface area (TPSA) is 86.8 Å². The molecule has 2 heterocycles. The van der Waals surface area contributed by atoms with Crippen LogP contribution in [0.5, 0.6) is 17.2 Å². The predicted molar refractivity (Wildman–Crippen MR) is 99.3 cm³/mol. The lowest BCUT2D eigenvalue weighted by Crippen LogP contribution is -2.20. The fourth-order valence-electron chi connectivity index (χ4n) is 2.53. The molecule has 2 aromatic carbocycles. The summed E-state index contributed by atoms with van der Waals surface area (Å²) in [7, 11) is 0. The number of aliphatic hydroxyl groups is 1. The molecular formula is C19H18N2O5S. The molecule has 0 spiro atoms. The number of rotatable bonds is 7. The third-order valence-corrected chi connectivity index (χ3v) is 4.82. The lowest BCUT2D eigenvalue weighted by atomic mass is 10.2. The van der Waals surface area contributed by atoms with Crippen LogP contribution in [0.3, 0.4) is 0 Å². The molecule has 0 amide bonds. The van der Waals surface area contributed by atoms with Crippen molar-refractivity contribution in [1.29, 1.82) is 0 Å². The van der Waals surface area contributed by atoms with Gasteiger partial charge < -0.3 is 23.7 Å². The average Bonchev–Trinajstić information content (AvgIpc) is 3.33. The van der Waals surface area contributed by atoms with E-state index in [1.54, 1.807) is 12.1 Å². The minimum absolute atomic E-state index is 0.194. The summed E-state index contributed by atoms with van der Waals surface area (Å²) in [5.41, 5.74) is 1.86. The van der Waals surface area contributed by atoms with Gasteiger partial charge in [-0.1, -0.05) is 23.9 Å². The number of hydrogen-bond acceptors (Lipinski definition) is 8. The number of nitrogens with zero attached hydrogens (tertiary/aromatic N) is 2. The quantitative estimate of drug-likeness (QED) is 0.619. The lowest BCUT2D eigenvalue weighted by molar-refractivity contribution is 0.126. The van der Waals surface area contributed by atoms with Gasteiger partial charge in [0.05, 0.1) is 6.10 Å². The van der Waals surface area contributed by atoms with Gasteiger partial charge in [0.15, 0.2) is 11.5 Å². The van der Waals surface area contributed by atoms with Gasteiger partial charge >= 0.3 is 0 Å². The second-order valence-electron chi connectivity index (χ2n) is 6.03. The minimum Gasteiger partial charge on any atom is -0.491 e. The van der Waals surface area contributed by atoms with E-state index < -0.39 is 6.10 Å². The molecule has 140 valence electrons. The smallest absolute Gasteiger partial charge is 0.276 e. The molecule has 0 aliphatic carbocycles. The summed E-state index contributed by atoms with van der Waals surface area (Å²) in [5.74, 6) is 2.87. The number of aliphatic hydroxyl groups excluding tert-OH is 1. The first-order chi connectivity index (χ1) is 13.2. The molecule has 1 aliphatic rings. The van der Waals surface area contributed by atoms with Crippen LogP contribution in [0.15, 0.2) is 52.1 Å². The number of ether oxygens (including phenoxy) is 3. The monoisotopic (exact) mass is 386 g/mol. The molecule has 27 heavy (non-hydrogen) atoms. The largest absolute Gasteiger partial charge is 0.491 e. The first-order valence-electron chi connectivity index (χ1n) is 8.41. The maximum absolute atomic E-state index is 10.1. The Morgan fingerprint density at radius 1 is 1.15 bits per heavy atom. The summed E-state index contributed by atoms with van der Waals surface area (Å²) in [5, 5.41) is 18.5. The molecule has 0 saturated carbocycles. The molecule has 1 aromatic heterocycles. The number of aryl methyl sites for hydroxylation is 1. The number of fused-ring (bicyclic) bond motifs is 1. The highest BCUT2D eigenvalue weighted by Gasteiger charge is 2.17. The van der Waals surface area contributed by atoms with Gasteiger partial charge in [-0.05, 0) is 42.8 Å². The molecule has 0 fully saturated rings. The van der Waals surface area contributed by atoms with Crippen molar-refractivity contribution in [2.75, 3.05) is 19.2 Å². The second kappa shape index (κ2) is 7.89. The number of thioether (sulfide) groups is 1. The normalized spacial score (nSPS) is 13.6. The zero-order valence-electron chi connectivity index (χ0n) is 14.6. The number of aromatic nitrogens is 2. The van der Waals surface area contributed by atoms with Gasteiger partial charge in [0.1, 0.15) is 12.4 Å². The summed E-state index contributed by atoms with van der Waals surface area (Å²) in [6, 6.07) is 13.1. The van der Waals surface area contributed by atoms with Crippen LogP contribution in [0.4, 0.5) is 0 Å². The van der Waals surface area contributed by atoms with Crippen LogP contribution in [-0.4, -0.2) is 40.6 Å². The molecule has 3 aromatic rings. The summed E-state index contributed by atoms with van der Waals surface area (Å²) in [6.07, 6.45) is -0.656. The molecule has 0 saturated heterocycles. The van der Waals surface area contributed by atoms with Crippen molar-refractivity contribution in [3.8, 4) is 28.7 Å². The Bertz CT molecular complexity index is 930. The van der Waals surface area contributed by atoms with Gasteiger partial charge in [0.2, 0.25) is 12.7 Å². The fraction of sp³-hybridized carbons (Fsp3) is 0.263. The third-order valence-electron chi connectivity index (χ3n) is 3.86. The predicted octanol–water partition coefficient (Wildman–Crippen LogP) is 3.31. The maximum atomic E-state index is 10.1. The van der Waals surface area contributed by atoms with Gasteiger partial charge in [-0.2, -0.15) is 0 Å². The van der Waals surface area contributed by atoms with Crippen molar-refractivity contribution in [2.45, 2.75) is 18.3 Å². The van der Waals surface area contributed by atoms with Crippen molar-refractivity contribution in [2.24, 2.45) is 0 Å². The van der Waals surface area contributed by atoms with Crippen LogP contribution < -0.4 is 14.2 Å². The Hall–Kier alpha value is -2.71. The molecule has 4 rings (SSSR count). The van der Waals surface area contributed by atoms with Gasteiger partial charge in [-0.15, -0.1) is 10.2 Å². The molecule has 0 bridgehead atoms. The van der Waals surface area contributed by atoms with E-state index in [4.69, 9.17) is 18.6 Å². The molecule has 7 nitrogen and oxygen atoms in total. The van der Waals surface area contributed by atoms with Gasteiger partial charge in [-0.3, -0.25) is 0 Å². The van der Waals surface area contributed by atoms with Crippen molar-refractivity contribution >= 4 is 11.8 Å². The molecule has 0 unspecified atom stereocenters. The van der Waals surface area contributed by atoms with Crippen molar-refractivity contribution < 1.29 is 23.7 Å². The van der Waals surface area contributed by atoms with Crippen molar-refractivity contribution in [3.63, 3.8) is 0 Å². The molecule has 1 N–H and O–H groups in total. The SMILES string of the molecule is Cc1cccc(OC[C@H](O)CSc2nnc(-c3ccc4c(c3)OCO4)o2)c1. The fourth-order valence-corrected chi connectivity index (χ4v) is 3.20. The van der Waals surface area contributed by atoms with Crippen LogP contribution >= 0.6 is 11.8 Å². The Morgan fingerprint density at radius 2 is 2.04 bits per heavy atom. The van der Waals surface area contributed by atoms with E-state index in [0.29, 0.717) is 28.4 Å². The summed E-state index contributed by atoms with van der Waals surface area (Å²) in [4.78, 5) is 0. The van der Waals surface area contributed by atoms with Crippen molar-refractivity contribution in [3.05, 3.63) is 48.0 Å². The van der Waals surface area contributed by atoms with Crippen LogP contribution in [0.2, 0.25) is 0 Å². The van der Waals surface area contributed by atoms with Crippen LogP contribution in [0, 0.1) is 6.92 Å². The summed E-state index contributed by atoms with van der Waals surface area (Å²) in [6.45, 7) is 2.40. The Morgan fingerprint density at radius 3 is 2.93 bits per heavy atom. The minimum atomic E-state index is -0.656. The van der Waals surface area contributed by atoms with E-state index in [9.17, 15) is 5.11 Å². The molecule has 1 aliphatic heterocycles. The summed E-state index contributed by atoms with van der Waals surface area (Å²) >= 11 is 1.28. The summed E-state index contributed by atoms with van der Waals surface area (Å²) < 4.78 is 21.9. The van der Waals surface area contributed by atoms with Crippen LogP contribution in [0.25, 0.3) is 11.5 Å². The number of benzene rings is 2. The van der Waals surface area contributed by atoms with E-state index in [1.165, 1.54) is 11.8 Å². The molecule has 8 heteroatoms. The van der Waals surface area contributed by atoms with E-state index in [-0.39, 0.29) is 13.4 Å². The molecular weight excluding hydrogens is 368 g/mol. The van der Waals surface area contributed by atoms with Gasteiger partial charge in [0, 0.05) is 11.3 Å². The van der Waals surface area contributed by atoms with E-state index in [1.807, 2.05) is 37.3 Å². The Kier molecular flexibility index (Phi) is 5.17. The second-order valence-corrected chi connectivity index (χ2v) is 7.00. The van der Waals surface area contributed by atoms with E-state index >= 15 is 0 Å². The zero-order valence-corrected chi connectivity index (χ0v) is 15.4. The Labute approximate surface area is 160 Å². The highest BCUT2D eigenvalue weighted by molar-refractivity contribution is 7.99. The first-order valence-corrected chi connectivity index (χ1v) is 9.40. The number of hydrogen-bond donors (Lipinski definition) is 1. The van der Waals surface area contributed by atoms with Gasteiger partial charge in [-0.25, -0.2) is 0 Å². The van der Waals surface area contributed by atoms with Gasteiger partial charge in [0.25, 0.3) is 5.22 Å². The highest BCUT2D eigenvalue weighted by atomic mass is 32.2. The highest BCUT2D eigenvalue weighted by Crippen LogP contribution is 2.36. The third kappa shape index (κ3) is 4.35.